The molecule has 0 aliphatic carbocycles. The first-order chi connectivity index (χ1) is 12.6. The molecule has 2 aromatic heterocycles. The predicted octanol–water partition coefficient (Wildman–Crippen LogP) is 1.33. The van der Waals surface area contributed by atoms with Gasteiger partial charge in [-0.25, -0.2) is 4.98 Å². The van der Waals surface area contributed by atoms with Crippen LogP contribution in [-0.4, -0.2) is 37.1 Å². The second-order valence-corrected chi connectivity index (χ2v) is 6.65. The lowest BCUT2D eigenvalue weighted by atomic mass is 10.1. The highest BCUT2D eigenvalue weighted by Gasteiger charge is 2.29. The molecule has 7 heteroatoms. The molecule has 0 saturated carbocycles. The van der Waals surface area contributed by atoms with Crippen LogP contribution in [0.1, 0.15) is 24.7 Å². The molecule has 134 valence electrons. The monoisotopic (exact) mass is 351 g/mol. The molecule has 0 spiro atoms. The molecule has 1 aliphatic heterocycles. The number of benzene rings is 1. The molecule has 0 bridgehead atoms. The maximum absolute atomic E-state index is 12.7. The number of likely N-dealkylation sites (tertiary alicyclic amines) is 1. The van der Waals surface area contributed by atoms with E-state index in [9.17, 15) is 9.59 Å². The SMILES string of the molecule is Cn1c(C2CCCN2CCn2ccncc2=O)nc2ccccc2c1=O. The van der Waals surface area contributed by atoms with Crippen LogP contribution in [0.25, 0.3) is 10.9 Å². The van der Waals surface area contributed by atoms with Crippen molar-refractivity contribution in [3.63, 3.8) is 0 Å². The van der Waals surface area contributed by atoms with Crippen LogP contribution in [-0.2, 0) is 13.6 Å². The van der Waals surface area contributed by atoms with Crippen LogP contribution >= 0.6 is 0 Å². The van der Waals surface area contributed by atoms with Gasteiger partial charge in [-0.3, -0.25) is 24.0 Å². The van der Waals surface area contributed by atoms with E-state index in [2.05, 4.69) is 9.88 Å². The Balaban J connectivity index is 1.63. The number of hydrogen-bond acceptors (Lipinski definition) is 5. The summed E-state index contributed by atoms with van der Waals surface area (Å²) in [4.78, 5) is 35.5. The summed E-state index contributed by atoms with van der Waals surface area (Å²) >= 11 is 0. The summed E-state index contributed by atoms with van der Waals surface area (Å²) in [5.41, 5.74) is 0.630. The Morgan fingerprint density at radius 3 is 2.88 bits per heavy atom. The topological polar surface area (TPSA) is 73.0 Å². The van der Waals surface area contributed by atoms with Gasteiger partial charge < -0.3 is 4.57 Å². The van der Waals surface area contributed by atoms with E-state index >= 15 is 0 Å². The van der Waals surface area contributed by atoms with E-state index in [0.717, 1.165) is 37.3 Å². The lowest BCUT2D eigenvalue weighted by Crippen LogP contribution is -2.34. The van der Waals surface area contributed by atoms with Crippen LogP contribution in [0.5, 0.6) is 0 Å². The maximum Gasteiger partial charge on any atom is 0.269 e. The fraction of sp³-hybridized carbons (Fsp3) is 0.368. The Morgan fingerprint density at radius 2 is 2.04 bits per heavy atom. The second kappa shape index (κ2) is 6.84. The van der Waals surface area contributed by atoms with Crippen LogP contribution in [0.2, 0.25) is 0 Å². The third kappa shape index (κ3) is 2.94. The average Bonchev–Trinajstić information content (AvgIpc) is 3.12. The predicted molar refractivity (Wildman–Crippen MR) is 99.0 cm³/mol. The van der Waals surface area contributed by atoms with Crippen molar-refractivity contribution >= 4 is 10.9 Å². The number of fused-ring (bicyclic) bond motifs is 1. The average molecular weight is 351 g/mol. The highest BCUT2D eigenvalue weighted by molar-refractivity contribution is 5.77. The molecule has 3 aromatic rings. The van der Waals surface area contributed by atoms with Crippen LogP contribution in [0.3, 0.4) is 0 Å². The van der Waals surface area contributed by atoms with Crippen LogP contribution in [0.4, 0.5) is 0 Å². The minimum Gasteiger partial charge on any atom is -0.311 e. The Hall–Kier alpha value is -2.80. The normalized spacial score (nSPS) is 17.8. The van der Waals surface area contributed by atoms with E-state index < -0.39 is 0 Å². The smallest absolute Gasteiger partial charge is 0.269 e. The van der Waals surface area contributed by atoms with Gasteiger partial charge in [0.05, 0.1) is 23.1 Å². The van der Waals surface area contributed by atoms with Crippen molar-refractivity contribution < 1.29 is 0 Å². The fourth-order valence-electron chi connectivity index (χ4n) is 3.71. The summed E-state index contributed by atoms with van der Waals surface area (Å²) in [5, 5.41) is 0.645. The number of nitrogens with zero attached hydrogens (tertiary/aromatic N) is 5. The summed E-state index contributed by atoms with van der Waals surface area (Å²) in [5.74, 6) is 0.799. The molecular formula is C19H21N5O2. The van der Waals surface area contributed by atoms with Gasteiger partial charge in [0.2, 0.25) is 0 Å². The molecule has 26 heavy (non-hydrogen) atoms. The molecule has 4 rings (SSSR count). The molecule has 1 fully saturated rings. The first-order valence-electron chi connectivity index (χ1n) is 8.85. The molecule has 1 saturated heterocycles. The van der Waals surface area contributed by atoms with Crippen LogP contribution < -0.4 is 11.1 Å². The summed E-state index contributed by atoms with van der Waals surface area (Å²) in [7, 11) is 1.79. The molecule has 0 N–H and O–H groups in total. The summed E-state index contributed by atoms with van der Waals surface area (Å²) in [6, 6.07) is 7.56. The van der Waals surface area contributed by atoms with E-state index in [1.54, 1.807) is 28.6 Å². The molecule has 3 heterocycles. The van der Waals surface area contributed by atoms with E-state index in [4.69, 9.17) is 4.98 Å². The largest absolute Gasteiger partial charge is 0.311 e. The highest BCUT2D eigenvalue weighted by atomic mass is 16.1. The molecule has 0 amide bonds. The van der Waals surface area contributed by atoms with Gasteiger partial charge >= 0.3 is 0 Å². The van der Waals surface area contributed by atoms with Crippen molar-refractivity contribution in [1.29, 1.82) is 0 Å². The van der Waals surface area contributed by atoms with Crippen molar-refractivity contribution in [3.05, 3.63) is 69.4 Å². The molecular weight excluding hydrogens is 330 g/mol. The van der Waals surface area contributed by atoms with Gasteiger partial charge in [-0.1, -0.05) is 12.1 Å². The lowest BCUT2D eigenvalue weighted by molar-refractivity contribution is 0.233. The van der Waals surface area contributed by atoms with Crippen molar-refractivity contribution in [2.24, 2.45) is 7.05 Å². The zero-order valence-corrected chi connectivity index (χ0v) is 14.7. The van der Waals surface area contributed by atoms with Crippen molar-refractivity contribution in [2.75, 3.05) is 13.1 Å². The second-order valence-electron chi connectivity index (χ2n) is 6.65. The van der Waals surface area contributed by atoms with E-state index in [1.165, 1.54) is 6.20 Å². The molecule has 1 atom stereocenters. The summed E-state index contributed by atoms with van der Waals surface area (Å²) in [6.07, 6.45) is 6.67. The van der Waals surface area contributed by atoms with Gasteiger partial charge in [-0.15, -0.1) is 0 Å². The Labute approximate surface area is 150 Å². The summed E-state index contributed by atoms with van der Waals surface area (Å²) in [6.45, 7) is 2.27. The number of hydrogen-bond donors (Lipinski definition) is 0. The third-order valence-corrected chi connectivity index (χ3v) is 5.11. The van der Waals surface area contributed by atoms with Crippen LogP contribution in [0, 0.1) is 0 Å². The molecule has 7 nitrogen and oxygen atoms in total. The fourth-order valence-corrected chi connectivity index (χ4v) is 3.71. The number of rotatable bonds is 4. The van der Waals surface area contributed by atoms with E-state index in [1.807, 2.05) is 24.3 Å². The maximum atomic E-state index is 12.7. The van der Waals surface area contributed by atoms with E-state index in [-0.39, 0.29) is 17.2 Å². The van der Waals surface area contributed by atoms with Gasteiger partial charge in [-0.2, -0.15) is 0 Å². The molecule has 0 radical (unpaired) electrons. The van der Waals surface area contributed by atoms with Crippen molar-refractivity contribution in [3.8, 4) is 0 Å². The minimum atomic E-state index is -0.0977. The first kappa shape index (κ1) is 16.7. The highest BCUT2D eigenvalue weighted by Crippen LogP contribution is 2.30. The minimum absolute atomic E-state index is 0.0113. The van der Waals surface area contributed by atoms with Crippen LogP contribution in [0.15, 0.2) is 52.4 Å². The van der Waals surface area contributed by atoms with Gasteiger partial charge in [0.1, 0.15) is 5.82 Å². The summed E-state index contributed by atoms with van der Waals surface area (Å²) < 4.78 is 3.33. The van der Waals surface area contributed by atoms with Gasteiger partial charge in [0.25, 0.3) is 11.1 Å². The van der Waals surface area contributed by atoms with Crippen molar-refractivity contribution in [1.82, 2.24) is 24.0 Å². The quantitative estimate of drug-likeness (QED) is 0.709. The van der Waals surface area contributed by atoms with Gasteiger partial charge in [-0.05, 0) is 31.5 Å². The van der Waals surface area contributed by atoms with E-state index in [0.29, 0.717) is 11.9 Å². The van der Waals surface area contributed by atoms with Crippen molar-refractivity contribution in [2.45, 2.75) is 25.4 Å². The lowest BCUT2D eigenvalue weighted by Gasteiger charge is -2.25. The standard InChI is InChI=1S/C19H21N5O2/c1-22-18(21-15-6-3-2-5-14(15)19(22)26)16-7-4-9-23(16)11-12-24-10-8-20-13-17(24)25/h2-3,5-6,8,10,13,16H,4,7,9,11-12H2,1H3. The third-order valence-electron chi connectivity index (χ3n) is 5.11. The van der Waals surface area contributed by atoms with Gasteiger partial charge in [0, 0.05) is 32.5 Å². The molecule has 1 unspecified atom stereocenters. The number of para-hydroxylation sites is 1. The Bertz CT molecular complexity index is 1060. The molecule has 1 aromatic carbocycles. The van der Waals surface area contributed by atoms with Gasteiger partial charge in [0.15, 0.2) is 0 Å². The number of aromatic nitrogens is 4. The Morgan fingerprint density at radius 1 is 1.19 bits per heavy atom. The first-order valence-corrected chi connectivity index (χ1v) is 8.85. The zero-order chi connectivity index (χ0) is 18.1. The Kier molecular flexibility index (Phi) is 4.38. The zero-order valence-electron chi connectivity index (χ0n) is 14.7. The molecule has 1 aliphatic rings.